The van der Waals surface area contributed by atoms with Crippen molar-refractivity contribution in [3.8, 4) is 0 Å². The van der Waals surface area contributed by atoms with E-state index in [2.05, 4.69) is 21.2 Å². The minimum absolute atomic E-state index is 0.0437. The Labute approximate surface area is 104 Å². The molecule has 1 aromatic carbocycles. The molecule has 0 aliphatic heterocycles. The normalized spacial score (nSPS) is 10.1. The SMILES string of the molecule is CCOCCCNC(=O)c1cccc(Br)c1. The average Bonchev–Trinajstić information content (AvgIpc) is 2.28. The van der Waals surface area contributed by atoms with Gasteiger partial charge in [-0.2, -0.15) is 0 Å². The fourth-order valence-corrected chi connectivity index (χ4v) is 1.65. The first kappa shape index (κ1) is 13.2. The first-order chi connectivity index (χ1) is 7.74. The van der Waals surface area contributed by atoms with Crippen LogP contribution in [0.15, 0.2) is 28.7 Å². The van der Waals surface area contributed by atoms with Crippen LogP contribution in [0.2, 0.25) is 0 Å². The van der Waals surface area contributed by atoms with Gasteiger partial charge in [-0.15, -0.1) is 0 Å². The van der Waals surface area contributed by atoms with Crippen LogP contribution in [0.25, 0.3) is 0 Å². The number of rotatable bonds is 6. The Balaban J connectivity index is 2.30. The van der Waals surface area contributed by atoms with E-state index in [1.807, 2.05) is 19.1 Å². The molecule has 0 saturated heterocycles. The molecule has 0 spiro atoms. The summed E-state index contributed by atoms with van der Waals surface area (Å²) in [4.78, 5) is 11.7. The number of hydrogen-bond donors (Lipinski definition) is 1. The topological polar surface area (TPSA) is 38.3 Å². The van der Waals surface area contributed by atoms with E-state index in [0.29, 0.717) is 18.7 Å². The molecule has 1 amide bonds. The maximum Gasteiger partial charge on any atom is 0.251 e. The number of hydrogen-bond acceptors (Lipinski definition) is 2. The summed E-state index contributed by atoms with van der Waals surface area (Å²) in [5, 5.41) is 2.85. The Morgan fingerprint density at radius 3 is 3.00 bits per heavy atom. The van der Waals surface area contributed by atoms with Crippen molar-refractivity contribution < 1.29 is 9.53 Å². The van der Waals surface area contributed by atoms with Crippen molar-refractivity contribution in [3.05, 3.63) is 34.3 Å². The zero-order chi connectivity index (χ0) is 11.8. The lowest BCUT2D eigenvalue weighted by molar-refractivity contribution is 0.0944. The van der Waals surface area contributed by atoms with Gasteiger partial charge in [0.25, 0.3) is 5.91 Å². The summed E-state index contributed by atoms with van der Waals surface area (Å²) in [5.41, 5.74) is 0.672. The minimum atomic E-state index is -0.0437. The van der Waals surface area contributed by atoms with Crippen molar-refractivity contribution in [1.29, 1.82) is 0 Å². The van der Waals surface area contributed by atoms with Crippen molar-refractivity contribution in [3.63, 3.8) is 0 Å². The van der Waals surface area contributed by atoms with E-state index in [1.54, 1.807) is 12.1 Å². The van der Waals surface area contributed by atoms with Gasteiger partial charge in [0.05, 0.1) is 0 Å². The van der Waals surface area contributed by atoms with Crippen LogP contribution in [-0.4, -0.2) is 25.7 Å². The molecule has 1 aromatic rings. The predicted molar refractivity (Wildman–Crippen MR) is 67.6 cm³/mol. The van der Waals surface area contributed by atoms with Gasteiger partial charge < -0.3 is 10.1 Å². The van der Waals surface area contributed by atoms with Gasteiger partial charge in [-0.05, 0) is 31.5 Å². The van der Waals surface area contributed by atoms with Gasteiger partial charge in [-0.25, -0.2) is 0 Å². The fraction of sp³-hybridized carbons (Fsp3) is 0.417. The highest BCUT2D eigenvalue weighted by Crippen LogP contribution is 2.11. The molecule has 0 aliphatic rings. The standard InChI is InChI=1S/C12H16BrNO2/c1-2-16-8-4-7-14-12(15)10-5-3-6-11(13)9-10/h3,5-6,9H,2,4,7-8H2,1H3,(H,14,15). The van der Waals surface area contributed by atoms with Crippen molar-refractivity contribution >= 4 is 21.8 Å². The number of halogens is 1. The van der Waals surface area contributed by atoms with Crippen LogP contribution in [0, 0.1) is 0 Å². The molecular weight excluding hydrogens is 270 g/mol. The second-order valence-electron chi connectivity index (χ2n) is 3.32. The maximum absolute atomic E-state index is 11.7. The third-order valence-corrected chi connectivity index (χ3v) is 2.54. The quantitative estimate of drug-likeness (QED) is 0.816. The zero-order valence-electron chi connectivity index (χ0n) is 9.33. The van der Waals surface area contributed by atoms with Crippen LogP contribution >= 0.6 is 15.9 Å². The van der Waals surface area contributed by atoms with Gasteiger partial charge in [0, 0.05) is 29.8 Å². The van der Waals surface area contributed by atoms with Crippen LogP contribution in [0.1, 0.15) is 23.7 Å². The second kappa shape index (κ2) is 7.41. The van der Waals surface area contributed by atoms with Crippen molar-refractivity contribution in [1.82, 2.24) is 5.32 Å². The first-order valence-electron chi connectivity index (χ1n) is 5.35. The molecule has 0 aliphatic carbocycles. The van der Waals surface area contributed by atoms with Crippen molar-refractivity contribution in [2.75, 3.05) is 19.8 Å². The molecule has 0 saturated carbocycles. The molecule has 1 N–H and O–H groups in total. The summed E-state index contributed by atoms with van der Waals surface area (Å²) in [6.07, 6.45) is 0.841. The van der Waals surface area contributed by atoms with Crippen LogP contribution in [0.4, 0.5) is 0 Å². The van der Waals surface area contributed by atoms with Crippen molar-refractivity contribution in [2.24, 2.45) is 0 Å². The number of ether oxygens (including phenoxy) is 1. The summed E-state index contributed by atoms with van der Waals surface area (Å²) >= 11 is 3.33. The molecule has 0 fully saturated rings. The summed E-state index contributed by atoms with van der Waals surface area (Å²) < 4.78 is 6.09. The van der Waals surface area contributed by atoms with E-state index in [1.165, 1.54) is 0 Å². The van der Waals surface area contributed by atoms with Crippen molar-refractivity contribution in [2.45, 2.75) is 13.3 Å². The maximum atomic E-state index is 11.7. The Morgan fingerprint density at radius 1 is 1.50 bits per heavy atom. The molecule has 1 rings (SSSR count). The van der Waals surface area contributed by atoms with Gasteiger partial charge >= 0.3 is 0 Å². The van der Waals surface area contributed by atoms with Gasteiger partial charge in [0.15, 0.2) is 0 Å². The Bertz CT molecular complexity index is 342. The molecule has 0 atom stereocenters. The number of carbonyl (C=O) groups is 1. The number of carbonyl (C=O) groups excluding carboxylic acids is 1. The van der Waals surface area contributed by atoms with E-state index >= 15 is 0 Å². The Kier molecular flexibility index (Phi) is 6.11. The van der Waals surface area contributed by atoms with E-state index < -0.39 is 0 Å². The number of nitrogens with one attached hydrogen (secondary N) is 1. The Morgan fingerprint density at radius 2 is 2.31 bits per heavy atom. The lowest BCUT2D eigenvalue weighted by atomic mass is 10.2. The van der Waals surface area contributed by atoms with Crippen LogP contribution in [-0.2, 0) is 4.74 Å². The fourth-order valence-electron chi connectivity index (χ4n) is 1.25. The van der Waals surface area contributed by atoms with Crippen LogP contribution in [0.5, 0.6) is 0 Å². The second-order valence-corrected chi connectivity index (χ2v) is 4.23. The highest BCUT2D eigenvalue weighted by molar-refractivity contribution is 9.10. The highest BCUT2D eigenvalue weighted by atomic mass is 79.9. The van der Waals surface area contributed by atoms with E-state index in [4.69, 9.17) is 4.74 Å². The first-order valence-corrected chi connectivity index (χ1v) is 6.15. The van der Waals surface area contributed by atoms with E-state index in [9.17, 15) is 4.79 Å². The zero-order valence-corrected chi connectivity index (χ0v) is 10.9. The van der Waals surface area contributed by atoms with Crippen LogP contribution in [0.3, 0.4) is 0 Å². The van der Waals surface area contributed by atoms with Gasteiger partial charge in [0.1, 0.15) is 0 Å². The number of amides is 1. The molecule has 0 radical (unpaired) electrons. The summed E-state index contributed by atoms with van der Waals surface area (Å²) in [6, 6.07) is 7.34. The lowest BCUT2D eigenvalue weighted by Gasteiger charge is -2.05. The van der Waals surface area contributed by atoms with Gasteiger partial charge in [-0.1, -0.05) is 22.0 Å². The third kappa shape index (κ3) is 4.77. The smallest absolute Gasteiger partial charge is 0.251 e. The van der Waals surface area contributed by atoms with Crippen LogP contribution < -0.4 is 5.32 Å². The molecule has 88 valence electrons. The molecular formula is C12H16BrNO2. The lowest BCUT2D eigenvalue weighted by Crippen LogP contribution is -2.25. The van der Waals surface area contributed by atoms with E-state index in [0.717, 1.165) is 17.5 Å². The molecule has 3 nitrogen and oxygen atoms in total. The predicted octanol–water partition coefficient (Wildman–Crippen LogP) is 2.61. The van der Waals surface area contributed by atoms with Gasteiger partial charge in [-0.3, -0.25) is 4.79 Å². The molecule has 4 heteroatoms. The number of benzene rings is 1. The third-order valence-electron chi connectivity index (χ3n) is 2.04. The molecule has 0 heterocycles. The largest absolute Gasteiger partial charge is 0.382 e. The molecule has 16 heavy (non-hydrogen) atoms. The Hall–Kier alpha value is -0.870. The molecule has 0 aromatic heterocycles. The monoisotopic (exact) mass is 285 g/mol. The average molecular weight is 286 g/mol. The van der Waals surface area contributed by atoms with E-state index in [-0.39, 0.29) is 5.91 Å². The summed E-state index contributed by atoms with van der Waals surface area (Å²) in [5.74, 6) is -0.0437. The molecule has 0 unspecified atom stereocenters. The highest BCUT2D eigenvalue weighted by Gasteiger charge is 2.04. The minimum Gasteiger partial charge on any atom is -0.382 e. The summed E-state index contributed by atoms with van der Waals surface area (Å²) in [7, 11) is 0. The summed E-state index contributed by atoms with van der Waals surface area (Å²) in [6.45, 7) is 4.01. The molecule has 0 bridgehead atoms. The van der Waals surface area contributed by atoms with Gasteiger partial charge in [0.2, 0.25) is 0 Å².